The molecule has 0 aromatic heterocycles. The molecule has 0 fully saturated rings. The molecule has 2 rings (SSSR count). The van der Waals surface area contributed by atoms with Crippen LogP contribution in [0.15, 0.2) is 60.7 Å². The van der Waals surface area contributed by atoms with Crippen molar-refractivity contribution in [2.45, 2.75) is 0 Å². The molecule has 4 N–H and O–H groups in total. The first-order chi connectivity index (χ1) is 9.69. The summed E-state index contributed by atoms with van der Waals surface area (Å²) in [5.41, 5.74) is 0.926. The summed E-state index contributed by atoms with van der Waals surface area (Å²) in [6, 6.07) is 17.1. The normalized spacial score (nSPS) is 8.09. The maximum Gasteiger partial charge on any atom is 0.356 e. The van der Waals surface area contributed by atoms with Crippen molar-refractivity contribution in [3.05, 3.63) is 71.8 Å². The van der Waals surface area contributed by atoms with Crippen LogP contribution in [-0.4, -0.2) is 11.9 Å². The smallest absolute Gasteiger partial charge is 0.356 e. The Balaban J connectivity index is 0. The first-order valence-corrected chi connectivity index (χ1v) is 5.61. The van der Waals surface area contributed by atoms with Gasteiger partial charge < -0.3 is 9.68 Å². The summed E-state index contributed by atoms with van der Waals surface area (Å²) in [6.07, 6.45) is 0. The molecule has 0 aliphatic rings. The number of carbonyl (C=O) groups is 2. The number of rotatable bonds is 2. The number of benzene rings is 2. The van der Waals surface area contributed by atoms with Gasteiger partial charge in [-0.15, -0.1) is 0 Å². The summed E-state index contributed by atoms with van der Waals surface area (Å²) in [5.74, 6) is 8.28. The molecule has 0 amide bonds. The van der Waals surface area contributed by atoms with Crippen LogP contribution in [0.3, 0.4) is 0 Å². The molecular formula is C14H14N2O4RhRu. The van der Waals surface area contributed by atoms with Gasteiger partial charge in [0.2, 0.25) is 0 Å². The Morgan fingerprint density at radius 1 is 0.682 bits per heavy atom. The second-order valence-electron chi connectivity index (χ2n) is 3.54. The van der Waals surface area contributed by atoms with Crippen molar-refractivity contribution < 1.29 is 58.2 Å². The van der Waals surface area contributed by atoms with Crippen LogP contribution in [0.2, 0.25) is 0 Å². The summed E-state index contributed by atoms with van der Waals surface area (Å²) in [4.78, 5) is 29.3. The van der Waals surface area contributed by atoms with Crippen LogP contribution in [0.5, 0.6) is 0 Å². The molecule has 0 unspecified atom stereocenters. The quantitative estimate of drug-likeness (QED) is 0.500. The fourth-order valence-corrected chi connectivity index (χ4v) is 1.28. The third kappa shape index (κ3) is 8.10. The molecule has 6 nitrogen and oxygen atoms in total. The van der Waals surface area contributed by atoms with E-state index in [1.165, 1.54) is 0 Å². The molecule has 0 saturated carbocycles. The van der Waals surface area contributed by atoms with Crippen LogP contribution in [0.25, 0.3) is 0 Å². The molecule has 0 bridgehead atoms. The SMILES string of the molecule is NOC(=O)c1ccccc1.NOC(=O)c1ccccc1.[Rh].[Ru]. The number of hydrogen-bond donors (Lipinski definition) is 2. The minimum absolute atomic E-state index is 0. The third-order valence-electron chi connectivity index (χ3n) is 2.23. The Hall–Kier alpha value is -1.45. The van der Waals surface area contributed by atoms with Crippen molar-refractivity contribution >= 4 is 11.9 Å². The van der Waals surface area contributed by atoms with Gasteiger partial charge in [-0.25, -0.2) is 9.59 Å². The minimum atomic E-state index is -0.513. The van der Waals surface area contributed by atoms with Gasteiger partial charge in [-0.05, 0) is 24.3 Å². The Morgan fingerprint density at radius 3 is 1.18 bits per heavy atom. The maximum absolute atomic E-state index is 10.7. The second kappa shape index (κ2) is 13.2. The summed E-state index contributed by atoms with van der Waals surface area (Å²) in [7, 11) is 0. The zero-order chi connectivity index (χ0) is 14.8. The average Bonchev–Trinajstić information content (AvgIpc) is 2.55. The van der Waals surface area contributed by atoms with E-state index in [4.69, 9.17) is 0 Å². The van der Waals surface area contributed by atoms with Crippen molar-refractivity contribution in [1.29, 1.82) is 0 Å². The van der Waals surface area contributed by atoms with Gasteiger partial charge in [0.05, 0.1) is 11.1 Å². The van der Waals surface area contributed by atoms with Crippen LogP contribution < -0.4 is 11.8 Å². The average molecular weight is 478 g/mol. The van der Waals surface area contributed by atoms with Gasteiger partial charge in [-0.1, -0.05) is 36.4 Å². The maximum atomic E-state index is 10.7. The molecule has 0 aliphatic heterocycles. The van der Waals surface area contributed by atoms with Crippen LogP contribution in [0.1, 0.15) is 20.7 Å². The van der Waals surface area contributed by atoms with Crippen molar-refractivity contribution in [1.82, 2.24) is 0 Å². The van der Waals surface area contributed by atoms with E-state index in [9.17, 15) is 9.59 Å². The van der Waals surface area contributed by atoms with Gasteiger partial charge in [0.25, 0.3) is 0 Å². The molecule has 1 radical (unpaired) electrons. The van der Waals surface area contributed by atoms with Crippen molar-refractivity contribution in [2.75, 3.05) is 0 Å². The van der Waals surface area contributed by atoms with E-state index < -0.39 is 11.9 Å². The van der Waals surface area contributed by atoms with Crippen molar-refractivity contribution in [3.8, 4) is 0 Å². The van der Waals surface area contributed by atoms with Gasteiger partial charge in [0, 0.05) is 39.0 Å². The molecule has 0 saturated heterocycles. The topological polar surface area (TPSA) is 105 Å². The fraction of sp³-hybridized carbons (Fsp3) is 0. The van der Waals surface area contributed by atoms with Crippen molar-refractivity contribution in [3.63, 3.8) is 0 Å². The van der Waals surface area contributed by atoms with E-state index in [-0.39, 0.29) is 39.0 Å². The van der Waals surface area contributed by atoms with Gasteiger partial charge in [0.1, 0.15) is 0 Å². The summed E-state index contributed by atoms with van der Waals surface area (Å²) < 4.78 is 0. The van der Waals surface area contributed by atoms with Crippen molar-refractivity contribution in [2.24, 2.45) is 11.8 Å². The second-order valence-corrected chi connectivity index (χ2v) is 3.54. The zero-order valence-electron chi connectivity index (χ0n) is 11.2. The van der Waals surface area contributed by atoms with Gasteiger partial charge in [-0.3, -0.25) is 0 Å². The first kappa shape index (κ1) is 22.8. The van der Waals surface area contributed by atoms with Crippen LogP contribution in [0.4, 0.5) is 0 Å². The molecule has 22 heavy (non-hydrogen) atoms. The molecule has 0 atom stereocenters. The van der Waals surface area contributed by atoms with E-state index >= 15 is 0 Å². The van der Waals surface area contributed by atoms with Gasteiger partial charge in [0.15, 0.2) is 0 Å². The van der Waals surface area contributed by atoms with Crippen LogP contribution >= 0.6 is 0 Å². The fourth-order valence-electron chi connectivity index (χ4n) is 1.28. The predicted octanol–water partition coefficient (Wildman–Crippen LogP) is 1.43. The molecule has 0 aliphatic carbocycles. The van der Waals surface area contributed by atoms with E-state index in [0.29, 0.717) is 11.1 Å². The Labute approximate surface area is 153 Å². The molecule has 0 heterocycles. The Kier molecular flexibility index (Phi) is 13.7. The molecule has 2 aromatic carbocycles. The largest absolute Gasteiger partial charge is 0.370 e. The number of carbonyl (C=O) groups excluding carboxylic acids is 2. The van der Waals surface area contributed by atoms with Gasteiger partial charge in [-0.2, -0.15) is 11.8 Å². The monoisotopic (exact) mass is 479 g/mol. The zero-order valence-corrected chi connectivity index (χ0v) is 14.6. The summed E-state index contributed by atoms with van der Waals surface area (Å²) >= 11 is 0. The van der Waals surface area contributed by atoms with E-state index in [2.05, 4.69) is 21.5 Å². The molecule has 8 heteroatoms. The predicted molar refractivity (Wildman–Crippen MR) is 72.1 cm³/mol. The summed E-state index contributed by atoms with van der Waals surface area (Å²) in [5, 5.41) is 0. The van der Waals surface area contributed by atoms with E-state index in [1.54, 1.807) is 48.5 Å². The Morgan fingerprint density at radius 2 is 0.955 bits per heavy atom. The first-order valence-electron chi connectivity index (χ1n) is 5.61. The Bertz CT molecular complexity index is 504. The van der Waals surface area contributed by atoms with Crippen LogP contribution in [0, 0.1) is 0 Å². The van der Waals surface area contributed by atoms with Crippen LogP contribution in [-0.2, 0) is 48.6 Å². The summed E-state index contributed by atoms with van der Waals surface area (Å²) in [6.45, 7) is 0. The van der Waals surface area contributed by atoms with Gasteiger partial charge >= 0.3 is 11.9 Å². The molecular weight excluding hydrogens is 464 g/mol. The number of hydrogen-bond acceptors (Lipinski definition) is 6. The molecule has 2 aromatic rings. The number of nitrogens with two attached hydrogens (primary N) is 2. The van der Waals surface area contributed by atoms with E-state index in [0.717, 1.165) is 0 Å². The molecule has 121 valence electrons. The van der Waals surface area contributed by atoms with E-state index in [1.807, 2.05) is 12.1 Å². The minimum Gasteiger partial charge on any atom is -0.370 e. The third-order valence-corrected chi connectivity index (χ3v) is 2.23. The molecule has 0 spiro atoms. The standard InChI is InChI=1S/2C7H7NO2.Rh.Ru/c2*8-10-7(9)6-4-2-1-3-5-6;;/h2*1-5H,8H2;;.